The highest BCUT2D eigenvalue weighted by Gasteiger charge is 2.12. The van der Waals surface area contributed by atoms with Crippen LogP contribution < -0.4 is 11.1 Å². The SMILES string of the molecule is CNC(=O)c1noc(CCc2ccc(N)cc2)n1. The minimum atomic E-state index is -0.350. The second-order valence-corrected chi connectivity index (χ2v) is 3.83. The fourth-order valence-corrected chi connectivity index (χ4v) is 1.50. The Bertz CT molecular complexity index is 533. The van der Waals surface area contributed by atoms with Crippen molar-refractivity contribution >= 4 is 11.6 Å². The van der Waals surface area contributed by atoms with Crippen LogP contribution in [0.2, 0.25) is 0 Å². The van der Waals surface area contributed by atoms with E-state index in [9.17, 15) is 4.79 Å². The Morgan fingerprint density at radius 2 is 2.06 bits per heavy atom. The maximum atomic E-state index is 11.2. The molecule has 2 rings (SSSR count). The summed E-state index contributed by atoms with van der Waals surface area (Å²) in [5.41, 5.74) is 7.46. The predicted molar refractivity (Wildman–Crippen MR) is 66.0 cm³/mol. The lowest BCUT2D eigenvalue weighted by Crippen LogP contribution is -2.19. The van der Waals surface area contributed by atoms with Crippen LogP contribution in [0.1, 0.15) is 22.1 Å². The highest BCUT2D eigenvalue weighted by molar-refractivity contribution is 5.89. The smallest absolute Gasteiger partial charge is 0.292 e. The number of amides is 1. The molecule has 0 aliphatic rings. The summed E-state index contributed by atoms with van der Waals surface area (Å²) in [7, 11) is 1.52. The van der Waals surface area contributed by atoms with Crippen LogP contribution in [0.3, 0.4) is 0 Å². The van der Waals surface area contributed by atoms with Crippen LogP contribution in [0.15, 0.2) is 28.8 Å². The number of nitrogens with zero attached hydrogens (tertiary/aromatic N) is 2. The summed E-state index contributed by atoms with van der Waals surface area (Å²) in [6.45, 7) is 0. The van der Waals surface area contributed by atoms with Gasteiger partial charge in [-0.1, -0.05) is 17.3 Å². The zero-order valence-electron chi connectivity index (χ0n) is 10.0. The average molecular weight is 246 g/mol. The molecule has 0 aliphatic carbocycles. The summed E-state index contributed by atoms with van der Waals surface area (Å²) in [6, 6.07) is 7.59. The molecule has 18 heavy (non-hydrogen) atoms. The molecule has 6 heteroatoms. The lowest BCUT2D eigenvalue weighted by atomic mass is 10.1. The molecule has 0 spiro atoms. The minimum Gasteiger partial charge on any atom is -0.399 e. The third-order valence-corrected chi connectivity index (χ3v) is 2.51. The standard InChI is InChI=1S/C12H14N4O2/c1-14-12(17)11-15-10(18-16-11)7-4-8-2-5-9(13)6-3-8/h2-3,5-6H,4,7,13H2,1H3,(H,14,17). The van der Waals surface area contributed by atoms with Gasteiger partial charge in [-0.3, -0.25) is 4.79 Å². The number of carbonyl (C=O) groups excluding carboxylic acids is 1. The van der Waals surface area contributed by atoms with Crippen LogP contribution in [0.5, 0.6) is 0 Å². The lowest BCUT2D eigenvalue weighted by Gasteiger charge is -1.98. The Morgan fingerprint density at radius 3 is 2.72 bits per heavy atom. The third kappa shape index (κ3) is 2.85. The molecule has 0 atom stereocenters. The van der Waals surface area contributed by atoms with Crippen molar-refractivity contribution in [3.05, 3.63) is 41.5 Å². The number of benzene rings is 1. The Kier molecular flexibility index (Phi) is 3.57. The molecular weight excluding hydrogens is 232 g/mol. The van der Waals surface area contributed by atoms with E-state index in [2.05, 4.69) is 15.5 Å². The largest absolute Gasteiger partial charge is 0.399 e. The molecule has 0 bridgehead atoms. The van der Waals surface area contributed by atoms with Gasteiger partial charge in [0.1, 0.15) is 0 Å². The third-order valence-electron chi connectivity index (χ3n) is 2.51. The maximum Gasteiger partial charge on any atom is 0.292 e. The number of anilines is 1. The molecule has 1 amide bonds. The van der Waals surface area contributed by atoms with Crippen molar-refractivity contribution in [2.75, 3.05) is 12.8 Å². The second kappa shape index (κ2) is 5.31. The first kappa shape index (κ1) is 12.1. The van der Waals surface area contributed by atoms with Crippen molar-refractivity contribution < 1.29 is 9.32 Å². The van der Waals surface area contributed by atoms with E-state index >= 15 is 0 Å². The molecule has 2 aromatic rings. The molecule has 3 N–H and O–H groups in total. The van der Waals surface area contributed by atoms with Gasteiger partial charge < -0.3 is 15.6 Å². The van der Waals surface area contributed by atoms with Crippen LogP contribution in [-0.4, -0.2) is 23.1 Å². The van der Waals surface area contributed by atoms with Crippen LogP contribution >= 0.6 is 0 Å². The molecule has 0 saturated carbocycles. The predicted octanol–water partition coefficient (Wildman–Crippen LogP) is 0.797. The first-order valence-corrected chi connectivity index (χ1v) is 5.58. The number of nitrogens with one attached hydrogen (secondary N) is 1. The number of nitrogens with two attached hydrogens (primary N) is 1. The van der Waals surface area contributed by atoms with Gasteiger partial charge in [0.2, 0.25) is 5.89 Å². The van der Waals surface area contributed by atoms with E-state index in [0.717, 1.165) is 17.7 Å². The van der Waals surface area contributed by atoms with Crippen molar-refractivity contribution in [2.45, 2.75) is 12.8 Å². The van der Waals surface area contributed by atoms with Gasteiger partial charge in [-0.15, -0.1) is 0 Å². The van der Waals surface area contributed by atoms with Gasteiger partial charge >= 0.3 is 0 Å². The van der Waals surface area contributed by atoms with Gasteiger partial charge in [-0.25, -0.2) is 0 Å². The van der Waals surface area contributed by atoms with E-state index in [-0.39, 0.29) is 11.7 Å². The number of hydrogen-bond acceptors (Lipinski definition) is 5. The molecule has 0 aliphatic heterocycles. The molecule has 0 unspecified atom stereocenters. The second-order valence-electron chi connectivity index (χ2n) is 3.83. The summed E-state index contributed by atoms with van der Waals surface area (Å²) in [5, 5.41) is 6.03. The van der Waals surface area contributed by atoms with E-state index < -0.39 is 0 Å². The summed E-state index contributed by atoms with van der Waals surface area (Å²) < 4.78 is 4.99. The summed E-state index contributed by atoms with van der Waals surface area (Å²) >= 11 is 0. The van der Waals surface area contributed by atoms with Gasteiger partial charge in [0.25, 0.3) is 11.7 Å². The number of rotatable bonds is 4. The van der Waals surface area contributed by atoms with Crippen molar-refractivity contribution in [1.82, 2.24) is 15.5 Å². The summed E-state index contributed by atoms with van der Waals surface area (Å²) in [4.78, 5) is 15.2. The molecule has 94 valence electrons. The normalized spacial score (nSPS) is 10.3. The van der Waals surface area contributed by atoms with Gasteiger partial charge in [0.05, 0.1) is 0 Å². The van der Waals surface area contributed by atoms with E-state index in [1.54, 1.807) is 0 Å². The Hall–Kier alpha value is -2.37. The van der Waals surface area contributed by atoms with Gasteiger partial charge in [0, 0.05) is 19.2 Å². The molecule has 1 aromatic heterocycles. The molecule has 0 radical (unpaired) electrons. The van der Waals surface area contributed by atoms with Crippen LogP contribution in [-0.2, 0) is 12.8 Å². The van der Waals surface area contributed by atoms with E-state index in [1.807, 2.05) is 24.3 Å². The number of hydrogen-bond donors (Lipinski definition) is 2. The zero-order valence-corrected chi connectivity index (χ0v) is 10.0. The van der Waals surface area contributed by atoms with Gasteiger partial charge in [0.15, 0.2) is 0 Å². The van der Waals surface area contributed by atoms with E-state index in [1.165, 1.54) is 7.05 Å². The molecule has 0 fully saturated rings. The first-order valence-electron chi connectivity index (χ1n) is 5.58. The van der Waals surface area contributed by atoms with Crippen LogP contribution in [0.25, 0.3) is 0 Å². The number of carbonyl (C=O) groups is 1. The highest BCUT2D eigenvalue weighted by Crippen LogP contribution is 2.09. The van der Waals surface area contributed by atoms with E-state index in [4.69, 9.17) is 10.3 Å². The minimum absolute atomic E-state index is 0.0600. The van der Waals surface area contributed by atoms with Crippen molar-refractivity contribution in [2.24, 2.45) is 0 Å². The lowest BCUT2D eigenvalue weighted by molar-refractivity contribution is 0.0950. The molecule has 0 saturated heterocycles. The zero-order chi connectivity index (χ0) is 13.0. The number of aromatic nitrogens is 2. The Labute approximate surface area is 104 Å². The van der Waals surface area contributed by atoms with Crippen molar-refractivity contribution in [1.29, 1.82) is 0 Å². The van der Waals surface area contributed by atoms with Crippen LogP contribution in [0, 0.1) is 0 Å². The Balaban J connectivity index is 1.96. The first-order chi connectivity index (χ1) is 8.69. The molecule has 1 heterocycles. The van der Waals surface area contributed by atoms with Crippen molar-refractivity contribution in [3.63, 3.8) is 0 Å². The molecular formula is C12H14N4O2. The van der Waals surface area contributed by atoms with Crippen molar-refractivity contribution in [3.8, 4) is 0 Å². The Morgan fingerprint density at radius 1 is 1.33 bits per heavy atom. The monoisotopic (exact) mass is 246 g/mol. The maximum absolute atomic E-state index is 11.2. The van der Waals surface area contributed by atoms with E-state index in [0.29, 0.717) is 12.3 Å². The summed E-state index contributed by atoms with van der Waals surface area (Å²) in [5.74, 6) is 0.160. The summed E-state index contributed by atoms with van der Waals surface area (Å²) in [6.07, 6.45) is 1.35. The average Bonchev–Trinajstić information content (AvgIpc) is 2.86. The topological polar surface area (TPSA) is 94.0 Å². The van der Waals surface area contributed by atoms with Gasteiger partial charge in [-0.05, 0) is 24.1 Å². The fraction of sp³-hybridized carbons (Fsp3) is 0.250. The quantitative estimate of drug-likeness (QED) is 0.778. The highest BCUT2D eigenvalue weighted by atomic mass is 16.5. The van der Waals surface area contributed by atoms with Gasteiger partial charge in [-0.2, -0.15) is 4.98 Å². The van der Waals surface area contributed by atoms with Crippen LogP contribution in [0.4, 0.5) is 5.69 Å². The number of nitrogen functional groups attached to an aromatic ring is 1. The molecule has 1 aromatic carbocycles. The fourth-order valence-electron chi connectivity index (χ4n) is 1.50. The number of aryl methyl sites for hydroxylation is 2. The molecule has 6 nitrogen and oxygen atoms in total.